The summed E-state index contributed by atoms with van der Waals surface area (Å²) in [5, 5.41) is 19.1. The molecule has 0 unspecified atom stereocenters. The van der Waals surface area contributed by atoms with E-state index < -0.39 is 29.7 Å². The van der Waals surface area contributed by atoms with Crippen molar-refractivity contribution in [1.82, 2.24) is 9.55 Å². The maximum absolute atomic E-state index is 12.6. The molecule has 0 bridgehead atoms. The molecule has 4 rings (SSSR count). The van der Waals surface area contributed by atoms with Crippen LogP contribution in [0.25, 0.3) is 0 Å². The summed E-state index contributed by atoms with van der Waals surface area (Å²) in [4.78, 5) is 39.3. The number of aliphatic hydroxyl groups is 2. The second kappa shape index (κ2) is 9.16. The number of nitrogens with zero attached hydrogens (tertiary/aromatic N) is 1. The number of aliphatic hydroxyl groups excluding tert-OH is 2. The van der Waals surface area contributed by atoms with Crippen LogP contribution in [0.3, 0.4) is 0 Å². The summed E-state index contributed by atoms with van der Waals surface area (Å²) in [7, 11) is 0. The van der Waals surface area contributed by atoms with Gasteiger partial charge >= 0.3 is 5.69 Å². The molecule has 32 heavy (non-hydrogen) atoms. The number of carbonyl (C=O) groups is 1. The van der Waals surface area contributed by atoms with Crippen molar-refractivity contribution in [2.45, 2.75) is 24.9 Å². The molecular weight excluding hydrogens is 412 g/mol. The number of aromatic nitrogens is 2. The van der Waals surface area contributed by atoms with Crippen molar-refractivity contribution in [1.29, 1.82) is 0 Å². The van der Waals surface area contributed by atoms with Crippen LogP contribution in [0.2, 0.25) is 0 Å². The average molecular weight is 432 g/mol. The number of hydrogen-bond donors (Lipinski definition) is 3. The zero-order valence-corrected chi connectivity index (χ0v) is 16.9. The number of H-pyrrole nitrogens is 1. The summed E-state index contributed by atoms with van der Waals surface area (Å²) < 4.78 is 6.63. The zero-order valence-electron chi connectivity index (χ0n) is 16.9. The van der Waals surface area contributed by atoms with Crippen LogP contribution in [0.5, 0.6) is 0 Å². The third kappa shape index (κ3) is 4.45. The van der Waals surface area contributed by atoms with Crippen LogP contribution in [0, 0.1) is 11.8 Å². The lowest BCUT2D eigenvalue weighted by Gasteiger charge is -2.14. The fraction of sp³-hybridized carbons (Fsp3) is 0.208. The highest BCUT2D eigenvalue weighted by Gasteiger charge is 2.35. The van der Waals surface area contributed by atoms with E-state index in [2.05, 4.69) is 16.8 Å². The molecule has 0 aliphatic carbocycles. The zero-order chi connectivity index (χ0) is 22.7. The molecule has 3 N–H and O–H groups in total. The van der Waals surface area contributed by atoms with E-state index in [1.165, 1.54) is 6.20 Å². The average Bonchev–Trinajstić information content (AvgIpc) is 3.19. The molecule has 2 heterocycles. The number of aromatic amines is 1. The molecule has 1 fully saturated rings. The predicted octanol–water partition coefficient (Wildman–Crippen LogP) is 0.808. The monoisotopic (exact) mass is 432 g/mol. The Morgan fingerprint density at radius 2 is 1.84 bits per heavy atom. The predicted molar refractivity (Wildman–Crippen MR) is 115 cm³/mol. The van der Waals surface area contributed by atoms with Gasteiger partial charge in [0.05, 0.1) is 12.7 Å². The quantitative estimate of drug-likeness (QED) is 0.414. The number of hydrogen-bond acceptors (Lipinski definition) is 6. The van der Waals surface area contributed by atoms with Crippen molar-refractivity contribution < 1.29 is 19.7 Å². The van der Waals surface area contributed by atoms with Crippen LogP contribution in [0.15, 0.2) is 70.4 Å². The molecule has 3 atom stereocenters. The Bertz CT molecular complexity index is 1320. The summed E-state index contributed by atoms with van der Waals surface area (Å²) >= 11 is 0. The van der Waals surface area contributed by atoms with E-state index in [-0.39, 0.29) is 24.4 Å². The van der Waals surface area contributed by atoms with E-state index in [1.807, 2.05) is 6.07 Å². The SMILES string of the molecule is O=C(c1ccccc1)c1cccc(C#Cc2cn([C@H]3C[C@H](O)[C@@H](CO)O3)c(=O)[nH]c2=O)c1. The van der Waals surface area contributed by atoms with E-state index >= 15 is 0 Å². The smallest absolute Gasteiger partial charge is 0.330 e. The Balaban J connectivity index is 1.62. The number of ether oxygens (including phenoxy) is 1. The normalized spacial score (nSPS) is 19.9. The molecule has 0 amide bonds. The summed E-state index contributed by atoms with van der Waals surface area (Å²) in [6, 6.07) is 15.6. The van der Waals surface area contributed by atoms with Gasteiger partial charge in [-0.15, -0.1) is 0 Å². The number of ketones is 1. The fourth-order valence-corrected chi connectivity index (χ4v) is 3.47. The highest BCUT2D eigenvalue weighted by Crippen LogP contribution is 2.27. The van der Waals surface area contributed by atoms with Crippen LogP contribution in [-0.4, -0.2) is 44.4 Å². The summed E-state index contributed by atoms with van der Waals surface area (Å²) in [5.41, 5.74) is 0.206. The molecule has 3 aromatic rings. The first-order valence-corrected chi connectivity index (χ1v) is 9.98. The molecule has 2 aromatic carbocycles. The van der Waals surface area contributed by atoms with Gasteiger partial charge in [-0.25, -0.2) is 4.79 Å². The summed E-state index contributed by atoms with van der Waals surface area (Å²) in [6.07, 6.45) is -1.21. The van der Waals surface area contributed by atoms with E-state index in [9.17, 15) is 24.6 Å². The number of carbonyl (C=O) groups excluding carboxylic acids is 1. The molecule has 0 radical (unpaired) electrons. The molecule has 1 saturated heterocycles. The third-order valence-corrected chi connectivity index (χ3v) is 5.16. The lowest BCUT2D eigenvalue weighted by Crippen LogP contribution is -2.33. The van der Waals surface area contributed by atoms with Gasteiger partial charge in [-0.05, 0) is 12.1 Å². The van der Waals surface area contributed by atoms with Crippen molar-refractivity contribution in [2.75, 3.05) is 6.61 Å². The largest absolute Gasteiger partial charge is 0.394 e. The first-order chi connectivity index (χ1) is 15.5. The maximum atomic E-state index is 12.6. The van der Waals surface area contributed by atoms with Crippen molar-refractivity contribution in [3.05, 3.63) is 104 Å². The van der Waals surface area contributed by atoms with Gasteiger partial charge in [0.25, 0.3) is 5.56 Å². The van der Waals surface area contributed by atoms with E-state index in [4.69, 9.17) is 4.74 Å². The minimum Gasteiger partial charge on any atom is -0.394 e. The highest BCUT2D eigenvalue weighted by molar-refractivity contribution is 6.09. The molecule has 162 valence electrons. The van der Waals surface area contributed by atoms with Crippen molar-refractivity contribution in [3.8, 4) is 11.8 Å². The van der Waals surface area contributed by atoms with Gasteiger partial charge < -0.3 is 14.9 Å². The Morgan fingerprint density at radius 3 is 2.56 bits per heavy atom. The Kier molecular flexibility index (Phi) is 6.14. The molecule has 0 saturated carbocycles. The van der Waals surface area contributed by atoms with Crippen LogP contribution >= 0.6 is 0 Å². The van der Waals surface area contributed by atoms with Gasteiger partial charge in [0, 0.05) is 29.3 Å². The molecule has 1 aliphatic rings. The van der Waals surface area contributed by atoms with Gasteiger partial charge in [-0.2, -0.15) is 0 Å². The van der Waals surface area contributed by atoms with E-state index in [0.717, 1.165) is 4.57 Å². The second-order valence-electron chi connectivity index (χ2n) is 7.35. The van der Waals surface area contributed by atoms with Crippen LogP contribution in [0.4, 0.5) is 0 Å². The first kappa shape index (κ1) is 21.5. The number of benzene rings is 2. The van der Waals surface area contributed by atoms with Gasteiger partial charge in [-0.1, -0.05) is 54.3 Å². The molecule has 8 nitrogen and oxygen atoms in total. The van der Waals surface area contributed by atoms with Gasteiger partial charge in [0.1, 0.15) is 17.9 Å². The Hall–Kier alpha value is -3.77. The lowest BCUT2D eigenvalue weighted by atomic mass is 10.0. The number of rotatable bonds is 4. The number of nitrogens with one attached hydrogen (secondary N) is 1. The highest BCUT2D eigenvalue weighted by atomic mass is 16.5. The van der Waals surface area contributed by atoms with Gasteiger partial charge in [-0.3, -0.25) is 19.1 Å². The minimum atomic E-state index is -0.928. The van der Waals surface area contributed by atoms with Gasteiger partial charge in [0.2, 0.25) is 0 Å². The van der Waals surface area contributed by atoms with E-state index in [1.54, 1.807) is 48.5 Å². The molecule has 1 aliphatic heterocycles. The standard InChI is InChI=1S/C24H20N2O6/c27-14-20-19(28)12-21(32-20)26-13-18(23(30)25-24(26)31)10-9-15-5-4-8-17(11-15)22(29)16-6-2-1-3-7-16/h1-8,11,13,19-21,27-28H,12,14H2,(H,25,30,31)/t19-,20+,21+/m0/s1. The molecular formula is C24H20N2O6. The van der Waals surface area contributed by atoms with Crippen molar-refractivity contribution in [2.24, 2.45) is 0 Å². The van der Waals surface area contributed by atoms with Crippen LogP contribution < -0.4 is 11.2 Å². The Morgan fingerprint density at radius 1 is 1.09 bits per heavy atom. The van der Waals surface area contributed by atoms with Crippen molar-refractivity contribution >= 4 is 5.78 Å². The Labute approximate surface area is 182 Å². The maximum Gasteiger partial charge on any atom is 0.330 e. The second-order valence-corrected chi connectivity index (χ2v) is 7.35. The minimum absolute atomic E-state index is 0.0231. The lowest BCUT2D eigenvalue weighted by molar-refractivity contribution is -0.0459. The van der Waals surface area contributed by atoms with Crippen molar-refractivity contribution in [3.63, 3.8) is 0 Å². The van der Waals surface area contributed by atoms with Crippen LogP contribution in [0.1, 0.15) is 39.7 Å². The third-order valence-electron chi connectivity index (χ3n) is 5.16. The summed E-state index contributed by atoms with van der Waals surface area (Å²) in [5.74, 6) is 5.43. The molecule has 1 aromatic heterocycles. The fourth-order valence-electron chi connectivity index (χ4n) is 3.47. The van der Waals surface area contributed by atoms with Crippen LogP contribution in [-0.2, 0) is 4.74 Å². The molecule has 8 heteroatoms. The van der Waals surface area contributed by atoms with Gasteiger partial charge in [0.15, 0.2) is 5.78 Å². The topological polar surface area (TPSA) is 122 Å². The summed E-state index contributed by atoms with van der Waals surface area (Å²) in [6.45, 7) is -0.388. The van der Waals surface area contributed by atoms with E-state index in [0.29, 0.717) is 16.7 Å². The molecule has 0 spiro atoms. The first-order valence-electron chi connectivity index (χ1n) is 9.98.